The molecule has 0 atom stereocenters. The number of aryl methyl sites for hydroxylation is 1. The van der Waals surface area contributed by atoms with Gasteiger partial charge in [0.15, 0.2) is 0 Å². The van der Waals surface area contributed by atoms with Crippen LogP contribution in [0.5, 0.6) is 0 Å². The highest BCUT2D eigenvalue weighted by atomic mass is 35.5. The van der Waals surface area contributed by atoms with E-state index in [-0.39, 0.29) is 5.91 Å². The van der Waals surface area contributed by atoms with Gasteiger partial charge in [0.25, 0.3) is 5.91 Å². The molecule has 150 valence electrons. The molecule has 1 aliphatic rings. The molecular weight excluding hydrogens is 406 g/mol. The minimum Gasteiger partial charge on any atom is -0.266 e. The number of rotatable bonds is 3. The van der Waals surface area contributed by atoms with Crippen molar-refractivity contribution in [3.05, 3.63) is 112 Å². The summed E-state index contributed by atoms with van der Waals surface area (Å²) >= 11 is 6.45. The summed E-state index contributed by atoms with van der Waals surface area (Å²) in [5, 5.41) is 1.31. The Labute approximate surface area is 185 Å². The Bertz CT molecular complexity index is 1360. The molecule has 5 rings (SSSR count). The number of nitrogens with zero attached hydrogens (tertiary/aromatic N) is 3. The van der Waals surface area contributed by atoms with Gasteiger partial charge >= 0.3 is 0 Å². The van der Waals surface area contributed by atoms with Crippen LogP contribution in [-0.2, 0) is 4.79 Å². The molecule has 0 saturated carbocycles. The lowest BCUT2D eigenvalue weighted by Crippen LogP contribution is -2.32. The Morgan fingerprint density at radius 1 is 0.903 bits per heavy atom. The van der Waals surface area contributed by atoms with Crippen LogP contribution in [0.25, 0.3) is 17.0 Å². The number of anilines is 1. The molecule has 0 N–H and O–H groups in total. The molecule has 3 aromatic carbocycles. The Hall–Kier alpha value is -3.76. The van der Waals surface area contributed by atoms with Gasteiger partial charge in [0.05, 0.1) is 11.2 Å². The molecule has 2 heterocycles. The maximum Gasteiger partial charge on any atom is 0.282 e. The van der Waals surface area contributed by atoms with E-state index in [0.717, 1.165) is 27.7 Å². The van der Waals surface area contributed by atoms with Crippen molar-refractivity contribution in [1.29, 1.82) is 0 Å². The monoisotopic (exact) mass is 423 g/mol. The molecule has 4 nitrogen and oxygen atoms in total. The van der Waals surface area contributed by atoms with Gasteiger partial charge in [-0.2, -0.15) is 0 Å². The number of aromatic nitrogens is 1. The lowest BCUT2D eigenvalue weighted by molar-refractivity contribution is -0.113. The molecule has 0 spiro atoms. The van der Waals surface area contributed by atoms with Crippen LogP contribution >= 0.6 is 11.6 Å². The molecule has 1 aromatic heterocycles. The van der Waals surface area contributed by atoms with E-state index >= 15 is 0 Å². The summed E-state index contributed by atoms with van der Waals surface area (Å²) in [4.78, 5) is 24.2. The SMILES string of the molecule is Cc1ccc2nc(Cl)c(C=C3N=C(c4ccccc4)N(c4ccccc4)C3=O)cc2c1. The van der Waals surface area contributed by atoms with E-state index in [9.17, 15) is 4.79 Å². The lowest BCUT2D eigenvalue weighted by Gasteiger charge is -2.18. The van der Waals surface area contributed by atoms with Gasteiger partial charge in [0.2, 0.25) is 0 Å². The first-order chi connectivity index (χ1) is 15.1. The third-order valence-corrected chi connectivity index (χ3v) is 5.45. The van der Waals surface area contributed by atoms with Crippen LogP contribution in [0, 0.1) is 6.92 Å². The Balaban J connectivity index is 1.65. The molecule has 0 radical (unpaired) electrons. The Morgan fingerprint density at radius 3 is 2.35 bits per heavy atom. The summed E-state index contributed by atoms with van der Waals surface area (Å²) in [7, 11) is 0. The minimum atomic E-state index is -0.203. The van der Waals surface area contributed by atoms with E-state index in [1.807, 2.05) is 91.9 Å². The van der Waals surface area contributed by atoms with E-state index < -0.39 is 0 Å². The third-order valence-electron chi connectivity index (χ3n) is 5.15. The van der Waals surface area contributed by atoms with Gasteiger partial charge in [-0.25, -0.2) is 9.98 Å². The molecule has 0 fully saturated rings. The number of carbonyl (C=O) groups excluding carboxylic acids is 1. The summed E-state index contributed by atoms with van der Waals surface area (Å²) < 4.78 is 0. The number of pyridine rings is 1. The lowest BCUT2D eigenvalue weighted by atomic mass is 10.1. The highest BCUT2D eigenvalue weighted by Gasteiger charge is 2.32. The number of para-hydroxylation sites is 1. The zero-order chi connectivity index (χ0) is 21.4. The summed E-state index contributed by atoms with van der Waals surface area (Å²) in [6, 6.07) is 27.1. The van der Waals surface area contributed by atoms with Gasteiger partial charge in [-0.1, -0.05) is 71.8 Å². The maximum absolute atomic E-state index is 13.4. The van der Waals surface area contributed by atoms with Gasteiger partial charge in [-0.05, 0) is 43.3 Å². The van der Waals surface area contributed by atoms with Crippen LogP contribution in [0.15, 0.2) is 95.6 Å². The fraction of sp³-hybridized carbons (Fsp3) is 0.0385. The van der Waals surface area contributed by atoms with Gasteiger partial charge in [-0.15, -0.1) is 0 Å². The normalized spacial score (nSPS) is 15.0. The second-order valence-corrected chi connectivity index (χ2v) is 7.73. The first kappa shape index (κ1) is 19.2. The summed E-state index contributed by atoms with van der Waals surface area (Å²) in [6.45, 7) is 2.03. The topological polar surface area (TPSA) is 45.6 Å². The minimum absolute atomic E-state index is 0.203. The number of amides is 1. The maximum atomic E-state index is 13.4. The van der Waals surface area contributed by atoms with Crippen LogP contribution in [0.4, 0.5) is 5.69 Å². The molecule has 0 aliphatic carbocycles. The summed E-state index contributed by atoms with van der Waals surface area (Å²) in [6.07, 6.45) is 1.71. The zero-order valence-corrected chi connectivity index (χ0v) is 17.5. The molecule has 0 unspecified atom stereocenters. The molecular formula is C26H18ClN3O. The predicted octanol–water partition coefficient (Wildman–Crippen LogP) is 6.03. The van der Waals surface area contributed by atoms with Crippen molar-refractivity contribution in [2.24, 2.45) is 4.99 Å². The fourth-order valence-electron chi connectivity index (χ4n) is 3.65. The van der Waals surface area contributed by atoms with Crippen molar-refractivity contribution in [2.45, 2.75) is 6.92 Å². The largest absolute Gasteiger partial charge is 0.282 e. The molecule has 4 aromatic rings. The number of halogens is 1. The van der Waals surface area contributed by atoms with Crippen molar-refractivity contribution >= 4 is 46.0 Å². The number of benzene rings is 3. The predicted molar refractivity (Wildman–Crippen MR) is 126 cm³/mol. The molecule has 1 amide bonds. The number of carbonyl (C=O) groups is 1. The first-order valence-electron chi connectivity index (χ1n) is 9.92. The fourth-order valence-corrected chi connectivity index (χ4v) is 3.85. The number of aliphatic imine (C=N–C) groups is 1. The smallest absolute Gasteiger partial charge is 0.266 e. The van der Waals surface area contributed by atoms with E-state index in [0.29, 0.717) is 22.2 Å². The number of hydrogen-bond acceptors (Lipinski definition) is 3. The van der Waals surface area contributed by atoms with Gasteiger partial charge in [-0.3, -0.25) is 9.69 Å². The number of hydrogen-bond donors (Lipinski definition) is 0. The van der Waals surface area contributed by atoms with Gasteiger partial charge < -0.3 is 0 Å². The van der Waals surface area contributed by atoms with Crippen LogP contribution in [-0.4, -0.2) is 16.7 Å². The molecule has 5 heteroatoms. The third kappa shape index (κ3) is 3.62. The average molecular weight is 424 g/mol. The van der Waals surface area contributed by atoms with Crippen LogP contribution < -0.4 is 4.90 Å². The zero-order valence-electron chi connectivity index (χ0n) is 16.8. The average Bonchev–Trinajstić information content (AvgIpc) is 3.12. The second-order valence-electron chi connectivity index (χ2n) is 7.37. The van der Waals surface area contributed by atoms with E-state index in [1.165, 1.54) is 0 Å². The van der Waals surface area contributed by atoms with E-state index in [4.69, 9.17) is 16.6 Å². The second kappa shape index (κ2) is 7.82. The van der Waals surface area contributed by atoms with Crippen LogP contribution in [0.3, 0.4) is 0 Å². The van der Waals surface area contributed by atoms with Crippen molar-refractivity contribution in [2.75, 3.05) is 4.90 Å². The standard InChI is InChI=1S/C26H18ClN3O/c1-17-12-13-22-19(14-17)15-20(24(27)28-22)16-23-26(31)30(21-10-6-3-7-11-21)25(29-23)18-8-4-2-5-9-18/h2-16H,1H3. The molecule has 0 bridgehead atoms. The van der Waals surface area contributed by atoms with Gasteiger partial charge in [0, 0.05) is 16.5 Å². The number of amidine groups is 1. The van der Waals surface area contributed by atoms with Crippen LogP contribution in [0.1, 0.15) is 16.7 Å². The van der Waals surface area contributed by atoms with Crippen molar-refractivity contribution in [3.63, 3.8) is 0 Å². The van der Waals surface area contributed by atoms with Crippen LogP contribution in [0.2, 0.25) is 5.15 Å². The molecule has 0 saturated heterocycles. The summed E-state index contributed by atoms with van der Waals surface area (Å²) in [5.74, 6) is 0.384. The molecule has 31 heavy (non-hydrogen) atoms. The van der Waals surface area contributed by atoms with Gasteiger partial charge in [0.1, 0.15) is 16.7 Å². The highest BCUT2D eigenvalue weighted by molar-refractivity contribution is 6.34. The number of fused-ring (bicyclic) bond motifs is 1. The summed E-state index contributed by atoms with van der Waals surface area (Å²) in [5.41, 5.74) is 4.55. The quantitative estimate of drug-likeness (QED) is 0.298. The van der Waals surface area contributed by atoms with Crippen molar-refractivity contribution in [3.8, 4) is 0 Å². The molecule has 1 aliphatic heterocycles. The van der Waals surface area contributed by atoms with Crippen molar-refractivity contribution in [1.82, 2.24) is 4.98 Å². The highest BCUT2D eigenvalue weighted by Crippen LogP contribution is 2.30. The Morgan fingerprint density at radius 2 is 1.61 bits per heavy atom. The van der Waals surface area contributed by atoms with E-state index in [2.05, 4.69) is 4.98 Å². The Kier molecular flexibility index (Phi) is 4.85. The van der Waals surface area contributed by atoms with Crippen molar-refractivity contribution < 1.29 is 4.79 Å². The first-order valence-corrected chi connectivity index (χ1v) is 10.3. The van der Waals surface area contributed by atoms with E-state index in [1.54, 1.807) is 11.0 Å².